The van der Waals surface area contributed by atoms with Crippen molar-refractivity contribution in [3.05, 3.63) is 74.8 Å². The van der Waals surface area contributed by atoms with Gasteiger partial charge in [-0.25, -0.2) is 0 Å². The first-order valence-electron chi connectivity index (χ1n) is 6.52. The van der Waals surface area contributed by atoms with Crippen molar-refractivity contribution in [2.45, 2.75) is 0 Å². The highest BCUT2D eigenvalue weighted by Gasteiger charge is 2.09. The standard InChI is InChI=1S/C16H12Cl2N2O3/c1-2-7-23-16-11(8-12(17)9-15(16)18)10-19-13-3-5-14(6-4-13)20(21)22/h2-6,8-10H,1,7H2. The summed E-state index contributed by atoms with van der Waals surface area (Å²) in [6, 6.07) is 9.10. The summed E-state index contributed by atoms with van der Waals surface area (Å²) in [6.45, 7) is 3.88. The van der Waals surface area contributed by atoms with E-state index in [0.717, 1.165) is 0 Å². The predicted octanol–water partition coefficient (Wildman–Crippen LogP) is 5.22. The lowest BCUT2D eigenvalue weighted by molar-refractivity contribution is -0.384. The second kappa shape index (κ2) is 7.76. The first kappa shape index (κ1) is 17.0. The number of aliphatic imine (C=N–C) groups is 1. The second-order valence-electron chi connectivity index (χ2n) is 4.44. The van der Waals surface area contributed by atoms with Crippen molar-refractivity contribution in [2.75, 3.05) is 6.61 Å². The fraction of sp³-hybridized carbons (Fsp3) is 0.0625. The molecule has 0 atom stereocenters. The molecular formula is C16H12Cl2N2O3. The average molecular weight is 351 g/mol. The highest BCUT2D eigenvalue weighted by Crippen LogP contribution is 2.32. The molecule has 2 rings (SSSR count). The Bertz CT molecular complexity index is 759. The molecule has 0 aliphatic carbocycles. The van der Waals surface area contributed by atoms with E-state index in [4.69, 9.17) is 27.9 Å². The summed E-state index contributed by atoms with van der Waals surface area (Å²) in [4.78, 5) is 14.4. The molecular weight excluding hydrogens is 339 g/mol. The highest BCUT2D eigenvalue weighted by molar-refractivity contribution is 6.36. The molecule has 0 aromatic heterocycles. The molecule has 0 spiro atoms. The first-order valence-corrected chi connectivity index (χ1v) is 7.28. The van der Waals surface area contributed by atoms with Crippen molar-refractivity contribution in [3.63, 3.8) is 0 Å². The summed E-state index contributed by atoms with van der Waals surface area (Å²) in [7, 11) is 0. The van der Waals surface area contributed by atoms with E-state index in [9.17, 15) is 10.1 Å². The maximum atomic E-state index is 10.6. The molecule has 0 aliphatic rings. The number of non-ortho nitro benzene ring substituents is 1. The van der Waals surface area contributed by atoms with Crippen molar-refractivity contribution < 1.29 is 9.66 Å². The van der Waals surface area contributed by atoms with Crippen LogP contribution >= 0.6 is 23.2 Å². The van der Waals surface area contributed by atoms with Gasteiger partial charge in [0.1, 0.15) is 12.4 Å². The molecule has 5 nitrogen and oxygen atoms in total. The van der Waals surface area contributed by atoms with Gasteiger partial charge in [-0.1, -0.05) is 35.9 Å². The molecule has 0 aliphatic heterocycles. The molecule has 0 unspecified atom stereocenters. The van der Waals surface area contributed by atoms with E-state index in [-0.39, 0.29) is 5.69 Å². The predicted molar refractivity (Wildman–Crippen MR) is 92.5 cm³/mol. The van der Waals surface area contributed by atoms with E-state index in [0.29, 0.717) is 33.7 Å². The van der Waals surface area contributed by atoms with Crippen LogP contribution in [0.3, 0.4) is 0 Å². The number of benzene rings is 2. The third-order valence-corrected chi connectivity index (χ3v) is 3.29. The SMILES string of the molecule is C=CCOc1c(Cl)cc(Cl)cc1C=Nc1ccc([N+](=O)[O-])cc1. The van der Waals surface area contributed by atoms with Gasteiger partial charge in [0.2, 0.25) is 0 Å². The molecule has 0 bridgehead atoms. The lowest BCUT2D eigenvalue weighted by Gasteiger charge is -2.09. The van der Waals surface area contributed by atoms with Gasteiger partial charge in [0.05, 0.1) is 15.6 Å². The normalized spacial score (nSPS) is 10.7. The molecule has 0 saturated carbocycles. The Morgan fingerprint density at radius 2 is 1.96 bits per heavy atom. The summed E-state index contributed by atoms with van der Waals surface area (Å²) in [6.07, 6.45) is 3.14. The number of hydrogen-bond acceptors (Lipinski definition) is 4. The van der Waals surface area contributed by atoms with E-state index in [1.54, 1.807) is 30.3 Å². The number of halogens is 2. The third-order valence-electron chi connectivity index (χ3n) is 2.80. The Hall–Kier alpha value is -2.37. The van der Waals surface area contributed by atoms with Crippen LogP contribution in [-0.4, -0.2) is 17.7 Å². The lowest BCUT2D eigenvalue weighted by atomic mass is 10.2. The molecule has 118 valence electrons. The molecule has 7 heteroatoms. The van der Waals surface area contributed by atoms with Crippen LogP contribution in [0.1, 0.15) is 5.56 Å². The van der Waals surface area contributed by atoms with Gasteiger partial charge in [-0.2, -0.15) is 0 Å². The summed E-state index contributed by atoms with van der Waals surface area (Å²) in [5.41, 5.74) is 1.16. The molecule has 0 fully saturated rings. The summed E-state index contributed by atoms with van der Waals surface area (Å²) < 4.78 is 5.52. The van der Waals surface area contributed by atoms with Crippen molar-refractivity contribution in [1.29, 1.82) is 0 Å². The second-order valence-corrected chi connectivity index (χ2v) is 5.28. The van der Waals surface area contributed by atoms with Crippen LogP contribution in [-0.2, 0) is 0 Å². The smallest absolute Gasteiger partial charge is 0.269 e. The van der Waals surface area contributed by atoms with Gasteiger partial charge in [0.15, 0.2) is 0 Å². The number of nitro benzene ring substituents is 1. The van der Waals surface area contributed by atoms with E-state index in [1.807, 2.05) is 0 Å². The van der Waals surface area contributed by atoms with Crippen LogP contribution in [0.5, 0.6) is 5.75 Å². The molecule has 0 N–H and O–H groups in total. The summed E-state index contributed by atoms with van der Waals surface area (Å²) in [5, 5.41) is 11.4. The van der Waals surface area contributed by atoms with E-state index >= 15 is 0 Å². The van der Waals surface area contributed by atoms with Gasteiger partial charge in [-0.3, -0.25) is 15.1 Å². The fourth-order valence-corrected chi connectivity index (χ4v) is 2.34. The van der Waals surface area contributed by atoms with Gasteiger partial charge >= 0.3 is 0 Å². The van der Waals surface area contributed by atoms with Gasteiger partial charge in [-0.15, -0.1) is 0 Å². The maximum Gasteiger partial charge on any atom is 0.269 e. The van der Waals surface area contributed by atoms with Gasteiger partial charge in [-0.05, 0) is 24.3 Å². The van der Waals surface area contributed by atoms with Crippen LogP contribution in [0.2, 0.25) is 10.0 Å². The van der Waals surface area contributed by atoms with E-state index < -0.39 is 4.92 Å². The van der Waals surface area contributed by atoms with Crippen molar-refractivity contribution >= 4 is 40.8 Å². The third kappa shape index (κ3) is 4.55. The van der Waals surface area contributed by atoms with Crippen LogP contribution in [0.15, 0.2) is 54.0 Å². The monoisotopic (exact) mass is 350 g/mol. The Balaban J connectivity index is 2.30. The Kier molecular flexibility index (Phi) is 5.73. The number of ether oxygens (including phenoxy) is 1. The van der Waals surface area contributed by atoms with Crippen molar-refractivity contribution in [1.82, 2.24) is 0 Å². The largest absolute Gasteiger partial charge is 0.487 e. The highest BCUT2D eigenvalue weighted by atomic mass is 35.5. The molecule has 2 aromatic rings. The van der Waals surface area contributed by atoms with E-state index in [1.165, 1.54) is 18.3 Å². The first-order chi connectivity index (χ1) is 11.0. The van der Waals surface area contributed by atoms with Crippen LogP contribution in [0.25, 0.3) is 0 Å². The quantitative estimate of drug-likeness (QED) is 0.310. The van der Waals surface area contributed by atoms with Crippen LogP contribution in [0.4, 0.5) is 11.4 Å². The van der Waals surface area contributed by atoms with Crippen LogP contribution < -0.4 is 4.74 Å². The molecule has 0 saturated heterocycles. The van der Waals surface area contributed by atoms with Crippen LogP contribution in [0, 0.1) is 10.1 Å². The zero-order chi connectivity index (χ0) is 16.8. The topological polar surface area (TPSA) is 64.7 Å². The van der Waals surface area contributed by atoms with Gasteiger partial charge in [0.25, 0.3) is 5.69 Å². The molecule has 0 radical (unpaired) electrons. The minimum atomic E-state index is -0.467. The summed E-state index contributed by atoms with van der Waals surface area (Å²) in [5.74, 6) is 0.446. The van der Waals surface area contributed by atoms with Crippen molar-refractivity contribution in [3.8, 4) is 5.75 Å². The average Bonchev–Trinajstić information content (AvgIpc) is 2.52. The molecule has 0 amide bonds. The number of nitro groups is 1. The fourth-order valence-electron chi connectivity index (χ4n) is 1.78. The Labute approximate surface area is 143 Å². The Morgan fingerprint density at radius 1 is 1.26 bits per heavy atom. The van der Waals surface area contributed by atoms with Gasteiger partial charge in [0, 0.05) is 28.9 Å². The summed E-state index contributed by atoms with van der Waals surface area (Å²) >= 11 is 12.1. The molecule has 2 aromatic carbocycles. The minimum absolute atomic E-state index is 0.00440. The van der Waals surface area contributed by atoms with E-state index in [2.05, 4.69) is 11.6 Å². The Morgan fingerprint density at radius 3 is 2.57 bits per heavy atom. The number of nitrogens with zero attached hydrogens (tertiary/aromatic N) is 2. The van der Waals surface area contributed by atoms with Gasteiger partial charge < -0.3 is 4.74 Å². The minimum Gasteiger partial charge on any atom is -0.487 e. The van der Waals surface area contributed by atoms with Crippen molar-refractivity contribution in [2.24, 2.45) is 4.99 Å². The maximum absolute atomic E-state index is 10.6. The molecule has 23 heavy (non-hydrogen) atoms. The number of hydrogen-bond donors (Lipinski definition) is 0. The number of rotatable bonds is 6. The zero-order valence-electron chi connectivity index (χ0n) is 11.9. The lowest BCUT2D eigenvalue weighted by Crippen LogP contribution is -1.98. The zero-order valence-corrected chi connectivity index (χ0v) is 13.4. The molecule has 0 heterocycles.